The fourth-order valence-electron chi connectivity index (χ4n) is 2.20. The number of fused-ring (bicyclic) bond motifs is 1. The monoisotopic (exact) mass is 342 g/mol. The molecule has 0 unspecified atom stereocenters. The number of hydrogen-bond donors (Lipinski definition) is 1. The summed E-state index contributed by atoms with van der Waals surface area (Å²) in [4.78, 5) is 4.33. The standard InChI is InChI=1S/C17H15BrN2O/c1-21-14-5-6-15(18)17(10-14)20-11-12-4-7-16-13(9-12)3-2-8-19-16/h2-10,20H,11H2,1H3. The first kappa shape index (κ1) is 13.9. The number of nitrogens with one attached hydrogen (secondary N) is 1. The first-order chi connectivity index (χ1) is 10.3. The van der Waals surface area contributed by atoms with Gasteiger partial charge in [-0.1, -0.05) is 12.1 Å². The van der Waals surface area contributed by atoms with Crippen molar-refractivity contribution >= 4 is 32.5 Å². The zero-order valence-corrected chi connectivity index (χ0v) is 13.2. The highest BCUT2D eigenvalue weighted by atomic mass is 79.9. The predicted octanol–water partition coefficient (Wildman–Crippen LogP) is 4.62. The summed E-state index contributed by atoms with van der Waals surface area (Å²) in [5, 5.41) is 4.58. The number of anilines is 1. The SMILES string of the molecule is COc1ccc(Br)c(NCc2ccc3ncccc3c2)c1. The molecule has 0 spiro atoms. The Hall–Kier alpha value is -2.07. The molecule has 0 aliphatic carbocycles. The molecule has 2 aromatic carbocycles. The Balaban J connectivity index is 1.80. The van der Waals surface area contributed by atoms with Gasteiger partial charge in [0.05, 0.1) is 18.3 Å². The van der Waals surface area contributed by atoms with E-state index in [1.54, 1.807) is 7.11 Å². The molecule has 3 nitrogen and oxygen atoms in total. The summed E-state index contributed by atoms with van der Waals surface area (Å²) in [7, 11) is 1.67. The van der Waals surface area contributed by atoms with Gasteiger partial charge in [0.25, 0.3) is 0 Å². The molecule has 21 heavy (non-hydrogen) atoms. The zero-order valence-electron chi connectivity index (χ0n) is 11.6. The van der Waals surface area contributed by atoms with Crippen molar-refractivity contribution in [2.24, 2.45) is 0 Å². The Labute approximate surface area is 132 Å². The van der Waals surface area contributed by atoms with Crippen LogP contribution >= 0.6 is 15.9 Å². The van der Waals surface area contributed by atoms with E-state index in [9.17, 15) is 0 Å². The first-order valence-corrected chi connectivity index (χ1v) is 7.46. The first-order valence-electron chi connectivity index (χ1n) is 6.67. The van der Waals surface area contributed by atoms with E-state index in [1.807, 2.05) is 36.5 Å². The lowest BCUT2D eigenvalue weighted by atomic mass is 10.1. The van der Waals surface area contributed by atoms with E-state index in [0.717, 1.165) is 33.4 Å². The number of benzene rings is 2. The number of ether oxygens (including phenoxy) is 1. The van der Waals surface area contributed by atoms with Crippen molar-refractivity contribution in [1.82, 2.24) is 4.98 Å². The van der Waals surface area contributed by atoms with Gasteiger partial charge in [0.2, 0.25) is 0 Å². The molecule has 106 valence electrons. The number of pyridine rings is 1. The maximum absolute atomic E-state index is 5.25. The molecule has 0 aliphatic rings. The van der Waals surface area contributed by atoms with E-state index >= 15 is 0 Å². The summed E-state index contributed by atoms with van der Waals surface area (Å²) >= 11 is 3.54. The van der Waals surface area contributed by atoms with Gasteiger partial charge in [-0.15, -0.1) is 0 Å². The maximum Gasteiger partial charge on any atom is 0.121 e. The lowest BCUT2D eigenvalue weighted by Gasteiger charge is -2.11. The molecular formula is C17H15BrN2O. The van der Waals surface area contributed by atoms with Crippen LogP contribution in [0.1, 0.15) is 5.56 Å². The molecule has 0 bridgehead atoms. The highest BCUT2D eigenvalue weighted by molar-refractivity contribution is 9.10. The highest BCUT2D eigenvalue weighted by Crippen LogP contribution is 2.27. The van der Waals surface area contributed by atoms with Gasteiger partial charge >= 0.3 is 0 Å². The number of rotatable bonds is 4. The minimum atomic E-state index is 0.747. The molecule has 3 aromatic rings. The third kappa shape index (κ3) is 3.16. The van der Waals surface area contributed by atoms with E-state index in [0.29, 0.717) is 0 Å². The summed E-state index contributed by atoms with van der Waals surface area (Å²) in [5.41, 5.74) is 3.25. The average Bonchev–Trinajstić information content (AvgIpc) is 2.54. The number of aromatic nitrogens is 1. The molecule has 3 rings (SSSR count). The Morgan fingerprint density at radius 3 is 2.90 bits per heavy atom. The average molecular weight is 343 g/mol. The normalized spacial score (nSPS) is 10.6. The third-order valence-electron chi connectivity index (χ3n) is 3.32. The fourth-order valence-corrected chi connectivity index (χ4v) is 2.59. The second-order valence-corrected chi connectivity index (χ2v) is 5.58. The Morgan fingerprint density at radius 1 is 1.14 bits per heavy atom. The van der Waals surface area contributed by atoms with Crippen LogP contribution in [-0.2, 0) is 6.54 Å². The van der Waals surface area contributed by atoms with Gasteiger partial charge in [0.1, 0.15) is 5.75 Å². The second kappa shape index (κ2) is 6.14. The third-order valence-corrected chi connectivity index (χ3v) is 4.02. The van der Waals surface area contributed by atoms with Gasteiger partial charge < -0.3 is 10.1 Å². The summed E-state index contributed by atoms with van der Waals surface area (Å²) < 4.78 is 6.27. The van der Waals surface area contributed by atoms with Crippen LogP contribution in [0.25, 0.3) is 10.9 Å². The van der Waals surface area contributed by atoms with Crippen LogP contribution in [0.4, 0.5) is 5.69 Å². The van der Waals surface area contributed by atoms with Crippen molar-refractivity contribution in [1.29, 1.82) is 0 Å². The molecule has 0 radical (unpaired) electrons. The lowest BCUT2D eigenvalue weighted by molar-refractivity contribution is 0.415. The Bertz CT molecular complexity index is 774. The molecule has 4 heteroatoms. The largest absolute Gasteiger partial charge is 0.497 e. The minimum Gasteiger partial charge on any atom is -0.497 e. The molecule has 0 fully saturated rings. The van der Waals surface area contributed by atoms with Crippen LogP contribution < -0.4 is 10.1 Å². The Kier molecular flexibility index (Phi) is 4.06. The molecule has 1 heterocycles. The lowest BCUT2D eigenvalue weighted by Crippen LogP contribution is -2.00. The van der Waals surface area contributed by atoms with Crippen molar-refractivity contribution < 1.29 is 4.74 Å². The summed E-state index contributed by atoms with van der Waals surface area (Å²) in [6.45, 7) is 0.747. The van der Waals surface area contributed by atoms with Gasteiger partial charge in [0.15, 0.2) is 0 Å². The smallest absolute Gasteiger partial charge is 0.121 e. The van der Waals surface area contributed by atoms with Gasteiger partial charge in [-0.25, -0.2) is 0 Å². The molecule has 0 aliphatic heterocycles. The van der Waals surface area contributed by atoms with Crippen LogP contribution in [-0.4, -0.2) is 12.1 Å². The minimum absolute atomic E-state index is 0.747. The van der Waals surface area contributed by atoms with Crippen LogP contribution in [0.15, 0.2) is 59.2 Å². The van der Waals surface area contributed by atoms with E-state index < -0.39 is 0 Å². The topological polar surface area (TPSA) is 34.1 Å². The molecular weight excluding hydrogens is 328 g/mol. The van der Waals surface area contributed by atoms with Gasteiger partial charge in [-0.05, 0) is 51.8 Å². The number of halogens is 1. The molecule has 1 N–H and O–H groups in total. The predicted molar refractivity (Wildman–Crippen MR) is 89.8 cm³/mol. The van der Waals surface area contributed by atoms with Crippen LogP contribution in [0.3, 0.4) is 0 Å². The molecule has 0 amide bonds. The fraction of sp³-hybridized carbons (Fsp3) is 0.118. The van der Waals surface area contributed by atoms with Gasteiger partial charge in [-0.2, -0.15) is 0 Å². The number of hydrogen-bond acceptors (Lipinski definition) is 3. The number of nitrogens with zero attached hydrogens (tertiary/aromatic N) is 1. The number of methoxy groups -OCH3 is 1. The maximum atomic E-state index is 5.25. The highest BCUT2D eigenvalue weighted by Gasteiger charge is 2.03. The summed E-state index contributed by atoms with van der Waals surface area (Å²) in [6, 6.07) is 16.2. The summed E-state index contributed by atoms with van der Waals surface area (Å²) in [6.07, 6.45) is 1.81. The quantitative estimate of drug-likeness (QED) is 0.751. The van der Waals surface area contributed by atoms with E-state index in [-0.39, 0.29) is 0 Å². The molecule has 0 atom stereocenters. The van der Waals surface area contributed by atoms with Gasteiger partial charge in [-0.3, -0.25) is 4.98 Å². The molecule has 0 saturated carbocycles. The van der Waals surface area contributed by atoms with Crippen molar-refractivity contribution in [2.45, 2.75) is 6.54 Å². The van der Waals surface area contributed by atoms with E-state index in [4.69, 9.17) is 4.74 Å². The summed E-state index contributed by atoms with van der Waals surface area (Å²) in [5.74, 6) is 0.836. The van der Waals surface area contributed by atoms with Crippen LogP contribution in [0.2, 0.25) is 0 Å². The van der Waals surface area contributed by atoms with Crippen LogP contribution in [0, 0.1) is 0 Å². The van der Waals surface area contributed by atoms with Crippen molar-refractivity contribution in [3.63, 3.8) is 0 Å². The zero-order chi connectivity index (χ0) is 14.7. The second-order valence-electron chi connectivity index (χ2n) is 4.73. The van der Waals surface area contributed by atoms with Crippen molar-refractivity contribution in [3.05, 3.63) is 64.8 Å². The van der Waals surface area contributed by atoms with Crippen LogP contribution in [0.5, 0.6) is 5.75 Å². The molecule has 1 aromatic heterocycles. The van der Waals surface area contributed by atoms with Crippen molar-refractivity contribution in [3.8, 4) is 5.75 Å². The van der Waals surface area contributed by atoms with E-state index in [1.165, 1.54) is 5.56 Å². The van der Waals surface area contributed by atoms with Crippen molar-refractivity contribution in [2.75, 3.05) is 12.4 Å². The van der Waals surface area contributed by atoms with Gasteiger partial charge in [0, 0.05) is 28.7 Å². The van der Waals surface area contributed by atoms with E-state index in [2.05, 4.69) is 44.4 Å². The molecule has 0 saturated heterocycles. The Morgan fingerprint density at radius 2 is 2.05 bits per heavy atom.